The Bertz CT molecular complexity index is 969. The molecule has 10 heteroatoms. The summed E-state index contributed by atoms with van der Waals surface area (Å²) in [5, 5.41) is 13.0. The summed E-state index contributed by atoms with van der Waals surface area (Å²) < 4.78 is 1.39. The summed E-state index contributed by atoms with van der Waals surface area (Å²) in [6.45, 7) is 1.57. The van der Waals surface area contributed by atoms with Crippen LogP contribution >= 0.6 is 35.0 Å². The highest BCUT2D eigenvalue weighted by atomic mass is 35.5. The molecule has 0 amide bonds. The topological polar surface area (TPSA) is 93.0 Å². The van der Waals surface area contributed by atoms with Gasteiger partial charge in [-0.05, 0) is 25.1 Å². The molecule has 118 valence electrons. The number of hydrogen-bond acceptors (Lipinski definition) is 6. The van der Waals surface area contributed by atoms with Crippen molar-refractivity contribution in [2.75, 3.05) is 5.75 Å². The summed E-state index contributed by atoms with van der Waals surface area (Å²) >= 11 is 13.0. The maximum Gasteiger partial charge on any atom is 0.273 e. The number of benzene rings is 1. The lowest BCUT2D eigenvalue weighted by Gasteiger charge is -2.03. The van der Waals surface area contributed by atoms with E-state index >= 15 is 0 Å². The number of thioether (sulfide) groups is 1. The van der Waals surface area contributed by atoms with Crippen LogP contribution in [0.25, 0.3) is 5.78 Å². The summed E-state index contributed by atoms with van der Waals surface area (Å²) in [7, 11) is 0. The van der Waals surface area contributed by atoms with E-state index in [2.05, 4.69) is 20.3 Å². The SMILES string of the molecule is Cc1nn2c(SCC(=O)c3ccc(Cl)cc3Cl)nnc2[nH]c1=O. The molecule has 7 nitrogen and oxygen atoms in total. The Morgan fingerprint density at radius 3 is 2.87 bits per heavy atom. The molecule has 0 saturated heterocycles. The zero-order valence-corrected chi connectivity index (χ0v) is 14.0. The first-order valence-electron chi connectivity index (χ1n) is 6.39. The lowest BCUT2D eigenvalue weighted by atomic mass is 10.1. The normalized spacial score (nSPS) is 11.1. The van der Waals surface area contributed by atoms with Crippen LogP contribution in [0.15, 0.2) is 28.2 Å². The molecule has 0 atom stereocenters. The fourth-order valence-corrected chi connectivity index (χ4v) is 3.11. The third kappa shape index (κ3) is 3.24. The molecule has 0 saturated carbocycles. The van der Waals surface area contributed by atoms with E-state index in [9.17, 15) is 9.59 Å². The van der Waals surface area contributed by atoms with Crippen molar-refractivity contribution in [2.45, 2.75) is 12.1 Å². The Balaban J connectivity index is 1.82. The van der Waals surface area contributed by atoms with Crippen LogP contribution in [0.3, 0.4) is 0 Å². The van der Waals surface area contributed by atoms with E-state index in [-0.39, 0.29) is 28.6 Å². The number of ketones is 1. The number of carbonyl (C=O) groups excluding carboxylic acids is 1. The second-order valence-electron chi connectivity index (χ2n) is 4.59. The number of H-pyrrole nitrogens is 1. The third-order valence-corrected chi connectivity index (χ3v) is 4.45. The Morgan fingerprint density at radius 1 is 1.35 bits per heavy atom. The molecule has 0 aliphatic carbocycles. The standard InChI is InChI=1S/C13H9Cl2N5O2S/c1-6-11(22)16-12-17-18-13(20(12)19-6)23-5-10(21)8-3-2-7(14)4-9(8)15/h2-4H,5H2,1H3,(H,16,17,22). The number of fused-ring (bicyclic) bond motifs is 1. The zero-order chi connectivity index (χ0) is 16.6. The van der Waals surface area contributed by atoms with E-state index in [1.807, 2.05) is 0 Å². The third-order valence-electron chi connectivity index (χ3n) is 2.98. The van der Waals surface area contributed by atoms with E-state index in [1.54, 1.807) is 19.1 Å². The van der Waals surface area contributed by atoms with Gasteiger partial charge in [-0.3, -0.25) is 14.6 Å². The fourth-order valence-electron chi connectivity index (χ4n) is 1.83. The summed E-state index contributed by atoms with van der Waals surface area (Å²) in [4.78, 5) is 26.3. The van der Waals surface area contributed by atoms with E-state index in [4.69, 9.17) is 23.2 Å². The van der Waals surface area contributed by atoms with Crippen molar-refractivity contribution in [3.8, 4) is 0 Å². The number of nitrogens with one attached hydrogen (secondary N) is 1. The maximum absolute atomic E-state index is 12.2. The van der Waals surface area contributed by atoms with Gasteiger partial charge in [-0.2, -0.15) is 9.61 Å². The quantitative estimate of drug-likeness (QED) is 0.560. The molecule has 0 radical (unpaired) electrons. The van der Waals surface area contributed by atoms with E-state index < -0.39 is 0 Å². The fraction of sp³-hybridized carbons (Fsp3) is 0.154. The Morgan fingerprint density at radius 2 is 2.13 bits per heavy atom. The van der Waals surface area contributed by atoms with Crippen molar-refractivity contribution in [3.05, 3.63) is 49.9 Å². The minimum Gasteiger partial charge on any atom is -0.293 e. The number of nitrogens with zero attached hydrogens (tertiary/aromatic N) is 4. The minimum absolute atomic E-state index is 0.0992. The van der Waals surface area contributed by atoms with Crippen LogP contribution < -0.4 is 5.56 Å². The molecule has 3 rings (SSSR count). The van der Waals surface area contributed by atoms with Gasteiger partial charge in [0.15, 0.2) is 5.78 Å². The largest absolute Gasteiger partial charge is 0.293 e. The number of aryl methyl sites for hydroxylation is 1. The van der Waals surface area contributed by atoms with Crippen LogP contribution in [0.5, 0.6) is 0 Å². The average molecular weight is 370 g/mol. The van der Waals surface area contributed by atoms with Crippen LogP contribution in [0.2, 0.25) is 10.0 Å². The van der Waals surface area contributed by atoms with Crippen LogP contribution in [-0.4, -0.2) is 36.3 Å². The number of Topliss-reactive ketones (excluding diaryl/α,β-unsaturated/α-hetero) is 1. The smallest absolute Gasteiger partial charge is 0.273 e. The highest BCUT2D eigenvalue weighted by Crippen LogP contribution is 2.24. The number of carbonyl (C=O) groups is 1. The van der Waals surface area contributed by atoms with Gasteiger partial charge in [0.05, 0.1) is 10.8 Å². The predicted octanol–water partition coefficient (Wildman–Crippen LogP) is 2.40. The Hall–Kier alpha value is -1.90. The molecule has 0 aliphatic heterocycles. The molecule has 2 aromatic heterocycles. The van der Waals surface area contributed by atoms with Crippen molar-refractivity contribution in [1.82, 2.24) is 24.8 Å². The summed E-state index contributed by atoms with van der Waals surface area (Å²) in [5.41, 5.74) is 0.339. The molecule has 3 aromatic rings. The van der Waals surface area contributed by atoms with Crippen molar-refractivity contribution >= 4 is 46.5 Å². The first-order chi connectivity index (χ1) is 11.0. The molecule has 0 spiro atoms. The Kier molecular flexibility index (Phi) is 4.38. The second kappa shape index (κ2) is 6.31. The number of aromatic amines is 1. The molecule has 0 aliphatic rings. The van der Waals surface area contributed by atoms with Crippen molar-refractivity contribution in [3.63, 3.8) is 0 Å². The van der Waals surface area contributed by atoms with Gasteiger partial charge in [-0.15, -0.1) is 10.2 Å². The van der Waals surface area contributed by atoms with Crippen LogP contribution in [0.1, 0.15) is 16.1 Å². The molecule has 0 bridgehead atoms. The summed E-state index contributed by atoms with van der Waals surface area (Å²) in [6, 6.07) is 4.70. The second-order valence-corrected chi connectivity index (χ2v) is 6.38. The van der Waals surface area contributed by atoms with E-state index in [0.29, 0.717) is 20.8 Å². The first-order valence-corrected chi connectivity index (χ1v) is 8.13. The van der Waals surface area contributed by atoms with Crippen molar-refractivity contribution < 1.29 is 4.79 Å². The van der Waals surface area contributed by atoms with Gasteiger partial charge in [0.1, 0.15) is 5.69 Å². The van der Waals surface area contributed by atoms with E-state index in [0.717, 1.165) is 11.8 Å². The zero-order valence-electron chi connectivity index (χ0n) is 11.7. The number of rotatable bonds is 4. The molecule has 1 N–H and O–H groups in total. The molecule has 1 aromatic carbocycles. The molecular weight excluding hydrogens is 361 g/mol. The molecule has 0 unspecified atom stereocenters. The number of hydrogen-bond donors (Lipinski definition) is 1. The monoisotopic (exact) mass is 369 g/mol. The van der Waals surface area contributed by atoms with Crippen LogP contribution in [-0.2, 0) is 0 Å². The molecule has 23 heavy (non-hydrogen) atoms. The van der Waals surface area contributed by atoms with E-state index in [1.165, 1.54) is 10.6 Å². The van der Waals surface area contributed by atoms with Gasteiger partial charge in [0.2, 0.25) is 5.16 Å². The number of halogens is 2. The predicted molar refractivity (Wildman–Crippen MR) is 87.7 cm³/mol. The van der Waals surface area contributed by atoms with Crippen molar-refractivity contribution in [2.24, 2.45) is 0 Å². The molecule has 0 fully saturated rings. The average Bonchev–Trinajstić information content (AvgIpc) is 2.87. The maximum atomic E-state index is 12.2. The Labute approximate surface area is 144 Å². The van der Waals surface area contributed by atoms with Gasteiger partial charge in [-0.25, -0.2) is 0 Å². The molecular formula is C13H9Cl2N5O2S. The van der Waals surface area contributed by atoms with Gasteiger partial charge in [0, 0.05) is 10.6 Å². The number of aromatic nitrogens is 5. The molecule has 2 heterocycles. The highest BCUT2D eigenvalue weighted by Gasteiger charge is 2.15. The van der Waals surface area contributed by atoms with Gasteiger partial charge in [-0.1, -0.05) is 35.0 Å². The highest BCUT2D eigenvalue weighted by molar-refractivity contribution is 7.99. The van der Waals surface area contributed by atoms with Crippen molar-refractivity contribution in [1.29, 1.82) is 0 Å². The van der Waals surface area contributed by atoms with Crippen LogP contribution in [0, 0.1) is 6.92 Å². The minimum atomic E-state index is -0.328. The first kappa shape index (κ1) is 16.0. The lowest BCUT2D eigenvalue weighted by molar-refractivity contribution is 0.102. The summed E-state index contributed by atoms with van der Waals surface area (Å²) in [5.74, 6) is 0.150. The summed E-state index contributed by atoms with van der Waals surface area (Å²) in [6.07, 6.45) is 0. The van der Waals surface area contributed by atoms with Gasteiger partial charge in [0.25, 0.3) is 11.3 Å². The lowest BCUT2D eigenvalue weighted by Crippen LogP contribution is -2.15. The van der Waals surface area contributed by atoms with Crippen LogP contribution in [0.4, 0.5) is 0 Å². The van der Waals surface area contributed by atoms with Gasteiger partial charge < -0.3 is 0 Å². The van der Waals surface area contributed by atoms with Gasteiger partial charge >= 0.3 is 0 Å².